The Morgan fingerprint density at radius 3 is 2.03 bits per heavy atom. The predicted octanol–water partition coefficient (Wildman–Crippen LogP) is 5.54. The summed E-state index contributed by atoms with van der Waals surface area (Å²) in [5.41, 5.74) is 4.57. The van der Waals surface area contributed by atoms with Crippen LogP contribution in [0.2, 0.25) is 0 Å². The third-order valence-corrected chi connectivity index (χ3v) is 6.63. The topological polar surface area (TPSA) is 29.5 Å². The van der Waals surface area contributed by atoms with Gasteiger partial charge in [-0.2, -0.15) is 0 Å². The maximum absolute atomic E-state index is 10.2. The van der Waals surface area contributed by atoms with E-state index < -0.39 is 6.10 Å². The number of aliphatic hydroxyl groups is 1. The molecule has 0 aliphatic heterocycles. The number of rotatable bonds is 8. The van der Waals surface area contributed by atoms with Crippen LogP contribution in [0.25, 0.3) is 0 Å². The quantitative estimate of drug-likeness (QED) is 0.375. The molecule has 31 heavy (non-hydrogen) atoms. The summed E-state index contributed by atoms with van der Waals surface area (Å²) in [4.78, 5) is 0. The molecule has 0 aromatic heterocycles. The van der Waals surface area contributed by atoms with E-state index in [0.717, 1.165) is 33.9 Å². The van der Waals surface area contributed by atoms with Crippen LogP contribution in [0.3, 0.4) is 0 Å². The summed E-state index contributed by atoms with van der Waals surface area (Å²) in [6.45, 7) is 2.35. The molecule has 4 aromatic rings. The number of hydrogen-bond donors (Lipinski definition) is 1. The van der Waals surface area contributed by atoms with Crippen molar-refractivity contribution in [2.24, 2.45) is 0 Å². The highest BCUT2D eigenvalue weighted by molar-refractivity contribution is 7.55. The number of aliphatic hydroxyl groups excluding tert-OH is 1. The highest BCUT2D eigenvalue weighted by atomic mass is 31.1. The molecule has 0 saturated carbocycles. The summed E-state index contributed by atoms with van der Waals surface area (Å²) in [7, 11) is 0.407. The van der Waals surface area contributed by atoms with E-state index in [1.54, 1.807) is 0 Å². The number of para-hydroxylation sites is 1. The Labute approximate surface area is 186 Å². The van der Waals surface area contributed by atoms with Crippen LogP contribution in [0.1, 0.15) is 35.3 Å². The molecule has 2 unspecified atom stereocenters. The zero-order valence-electron chi connectivity index (χ0n) is 17.7. The summed E-state index contributed by atoms with van der Waals surface area (Å²) in [6.07, 6.45) is 0.325. The summed E-state index contributed by atoms with van der Waals surface area (Å²) in [5, 5.41) is 12.5. The minimum absolute atomic E-state index is 0.407. The van der Waals surface area contributed by atoms with Crippen LogP contribution >= 0.6 is 8.58 Å². The van der Waals surface area contributed by atoms with Crippen LogP contribution in [-0.4, -0.2) is 5.11 Å². The normalized spacial score (nSPS) is 12.2. The van der Waals surface area contributed by atoms with Gasteiger partial charge in [0.05, 0.1) is 6.10 Å². The molecule has 3 heteroatoms. The fraction of sp³-hybridized carbons (Fsp3) is 0.143. The second-order valence-electron chi connectivity index (χ2n) is 7.62. The van der Waals surface area contributed by atoms with Crippen LogP contribution in [0.4, 0.5) is 0 Å². The van der Waals surface area contributed by atoms with Crippen molar-refractivity contribution in [1.29, 1.82) is 0 Å². The Morgan fingerprint density at radius 1 is 0.710 bits per heavy atom. The first-order valence-electron chi connectivity index (χ1n) is 10.6. The lowest BCUT2D eigenvalue weighted by molar-refractivity contribution is 0.200. The van der Waals surface area contributed by atoms with Crippen molar-refractivity contribution in [3.8, 4) is 5.75 Å². The summed E-state index contributed by atoms with van der Waals surface area (Å²) >= 11 is 0. The first kappa shape index (κ1) is 21.3. The van der Waals surface area contributed by atoms with E-state index in [2.05, 4.69) is 60.7 Å². The molecule has 0 saturated heterocycles. The van der Waals surface area contributed by atoms with Crippen molar-refractivity contribution in [3.05, 3.63) is 125 Å². The van der Waals surface area contributed by atoms with E-state index in [-0.39, 0.29) is 0 Å². The molecule has 2 nitrogen and oxygen atoms in total. The first-order chi connectivity index (χ1) is 15.2. The third-order valence-electron chi connectivity index (χ3n) is 5.24. The Bertz CT molecular complexity index is 1110. The molecule has 0 aliphatic rings. The molecule has 4 aromatic carbocycles. The van der Waals surface area contributed by atoms with E-state index >= 15 is 0 Å². The van der Waals surface area contributed by atoms with E-state index in [4.69, 9.17) is 4.74 Å². The molecule has 0 aliphatic carbocycles. The molecule has 0 radical (unpaired) electrons. The van der Waals surface area contributed by atoms with E-state index in [1.165, 1.54) is 11.1 Å². The van der Waals surface area contributed by atoms with Crippen molar-refractivity contribution >= 4 is 19.2 Å². The fourth-order valence-corrected chi connectivity index (χ4v) is 5.09. The summed E-state index contributed by atoms with van der Waals surface area (Å²) in [5.74, 6) is 0.953. The highest BCUT2D eigenvalue weighted by Gasteiger charge is 2.14. The Kier molecular flexibility index (Phi) is 7.14. The van der Waals surface area contributed by atoms with Crippen molar-refractivity contribution in [2.45, 2.75) is 26.1 Å². The summed E-state index contributed by atoms with van der Waals surface area (Å²) < 4.78 is 6.44. The number of ether oxygens (including phenoxy) is 1. The Morgan fingerprint density at radius 2 is 1.32 bits per heavy atom. The fourth-order valence-electron chi connectivity index (χ4n) is 3.66. The molecule has 4 rings (SSSR count). The van der Waals surface area contributed by atoms with Crippen molar-refractivity contribution in [3.63, 3.8) is 0 Å². The maximum Gasteiger partial charge on any atom is 0.131 e. The molecule has 2 atom stereocenters. The molecule has 0 heterocycles. The van der Waals surface area contributed by atoms with E-state index in [9.17, 15) is 5.11 Å². The SMILES string of the molecule is CC(O)c1ccccc1Pc1cccc(Cc2ccccc2)c1OCc1ccccc1. The van der Waals surface area contributed by atoms with Gasteiger partial charge < -0.3 is 9.84 Å². The van der Waals surface area contributed by atoms with Crippen LogP contribution < -0.4 is 15.3 Å². The zero-order chi connectivity index (χ0) is 21.5. The number of benzene rings is 4. The van der Waals surface area contributed by atoms with E-state index in [1.807, 2.05) is 49.4 Å². The van der Waals surface area contributed by atoms with Gasteiger partial charge in [0, 0.05) is 11.7 Å². The third kappa shape index (κ3) is 5.61. The van der Waals surface area contributed by atoms with Gasteiger partial charge in [-0.1, -0.05) is 112 Å². The first-order valence-corrected chi connectivity index (χ1v) is 11.6. The van der Waals surface area contributed by atoms with Gasteiger partial charge in [0.25, 0.3) is 0 Å². The minimum Gasteiger partial charge on any atom is -0.488 e. The average molecular weight is 426 g/mol. The van der Waals surface area contributed by atoms with Gasteiger partial charge in [0.2, 0.25) is 0 Å². The second-order valence-corrected chi connectivity index (χ2v) is 8.95. The standard InChI is InChI=1S/C28H27O2P/c1-21(29)25-16-8-9-17-26(25)31-27-18-10-15-24(19-22-11-4-2-5-12-22)28(27)30-20-23-13-6-3-7-14-23/h2-18,21,29,31H,19-20H2,1H3. The van der Waals surface area contributed by atoms with Crippen molar-refractivity contribution < 1.29 is 9.84 Å². The lowest BCUT2D eigenvalue weighted by atomic mass is 10.0. The van der Waals surface area contributed by atoms with Gasteiger partial charge in [0.1, 0.15) is 12.4 Å². The average Bonchev–Trinajstić information content (AvgIpc) is 2.80. The second kappa shape index (κ2) is 10.4. The molecule has 0 spiro atoms. The molecule has 0 amide bonds. The molecule has 1 N–H and O–H groups in total. The van der Waals surface area contributed by atoms with Gasteiger partial charge in [-0.3, -0.25) is 0 Å². The Hall–Kier alpha value is -2.93. The molecular weight excluding hydrogens is 399 g/mol. The van der Waals surface area contributed by atoms with Crippen LogP contribution in [0.5, 0.6) is 5.75 Å². The molecule has 0 bridgehead atoms. The molecule has 156 valence electrons. The maximum atomic E-state index is 10.2. The van der Waals surface area contributed by atoms with Gasteiger partial charge >= 0.3 is 0 Å². The van der Waals surface area contributed by atoms with Crippen LogP contribution in [0, 0.1) is 0 Å². The summed E-state index contributed by atoms with van der Waals surface area (Å²) in [6, 6.07) is 35.3. The van der Waals surface area contributed by atoms with Gasteiger partial charge in [-0.05, 0) is 34.5 Å². The minimum atomic E-state index is -0.495. The van der Waals surface area contributed by atoms with Crippen molar-refractivity contribution in [1.82, 2.24) is 0 Å². The zero-order valence-corrected chi connectivity index (χ0v) is 18.7. The lowest BCUT2D eigenvalue weighted by Crippen LogP contribution is -2.15. The van der Waals surface area contributed by atoms with Gasteiger partial charge in [-0.15, -0.1) is 0 Å². The molecule has 0 fully saturated rings. The monoisotopic (exact) mass is 426 g/mol. The highest BCUT2D eigenvalue weighted by Crippen LogP contribution is 2.28. The van der Waals surface area contributed by atoms with Crippen molar-refractivity contribution in [2.75, 3.05) is 0 Å². The van der Waals surface area contributed by atoms with Gasteiger partial charge in [0.15, 0.2) is 0 Å². The van der Waals surface area contributed by atoms with Crippen LogP contribution in [-0.2, 0) is 13.0 Å². The van der Waals surface area contributed by atoms with Gasteiger partial charge in [-0.25, -0.2) is 0 Å². The lowest BCUT2D eigenvalue weighted by Gasteiger charge is -2.18. The molecular formula is C28H27O2P. The largest absolute Gasteiger partial charge is 0.488 e. The number of hydrogen-bond acceptors (Lipinski definition) is 2. The van der Waals surface area contributed by atoms with E-state index in [0.29, 0.717) is 15.2 Å². The Balaban J connectivity index is 1.69. The van der Waals surface area contributed by atoms with Crippen LogP contribution in [0.15, 0.2) is 103 Å². The smallest absolute Gasteiger partial charge is 0.131 e. The predicted molar refractivity (Wildman–Crippen MR) is 131 cm³/mol.